The van der Waals surface area contributed by atoms with E-state index in [1.807, 2.05) is 25.1 Å². The van der Waals surface area contributed by atoms with Crippen molar-refractivity contribution < 1.29 is 9.53 Å². The minimum Gasteiger partial charge on any atom is -0.486 e. The molecule has 1 aromatic carbocycles. The summed E-state index contributed by atoms with van der Waals surface area (Å²) in [5.41, 5.74) is 8.92. The molecule has 1 atom stereocenters. The van der Waals surface area contributed by atoms with Gasteiger partial charge in [-0.15, -0.1) is 0 Å². The maximum absolute atomic E-state index is 12.1. The Balaban J connectivity index is 1.51. The van der Waals surface area contributed by atoms with Gasteiger partial charge < -0.3 is 20.7 Å². The number of carbonyl (C=O) groups excluding carboxylic acids is 1. The summed E-state index contributed by atoms with van der Waals surface area (Å²) in [4.78, 5) is 26.7. The number of carbonyl (C=O) groups is 1. The number of ether oxygens (including phenoxy) is 1. The number of likely N-dealkylation sites (tertiary alicyclic amines) is 1. The van der Waals surface area contributed by atoms with E-state index in [0.717, 1.165) is 24.2 Å². The van der Waals surface area contributed by atoms with E-state index in [9.17, 15) is 4.79 Å². The summed E-state index contributed by atoms with van der Waals surface area (Å²) in [6.07, 6.45) is 4.37. The third-order valence-corrected chi connectivity index (χ3v) is 6.21. The highest BCUT2D eigenvalue weighted by atomic mass is 35.5. The van der Waals surface area contributed by atoms with Crippen LogP contribution in [0.1, 0.15) is 35.4 Å². The molecule has 1 aliphatic rings. The van der Waals surface area contributed by atoms with Crippen LogP contribution in [0.5, 0.6) is 5.75 Å². The van der Waals surface area contributed by atoms with Gasteiger partial charge in [-0.05, 0) is 56.2 Å². The number of aryl methyl sites for hydroxylation is 1. The van der Waals surface area contributed by atoms with Gasteiger partial charge in [0.2, 0.25) is 5.91 Å². The number of pyridine rings is 1. The second-order valence-corrected chi connectivity index (χ2v) is 8.94. The van der Waals surface area contributed by atoms with E-state index in [-0.39, 0.29) is 30.1 Å². The lowest BCUT2D eigenvalue weighted by Gasteiger charge is -2.33. The number of anilines is 2. The molecule has 1 fully saturated rings. The molecule has 2 aromatic heterocycles. The highest BCUT2D eigenvalue weighted by Gasteiger charge is 2.25. The zero-order chi connectivity index (χ0) is 25.7. The van der Waals surface area contributed by atoms with Crippen molar-refractivity contribution in [1.82, 2.24) is 19.9 Å². The number of amides is 1. The van der Waals surface area contributed by atoms with Crippen LogP contribution in [0.25, 0.3) is 0 Å². The summed E-state index contributed by atoms with van der Waals surface area (Å²) < 4.78 is 5.84. The number of piperidine rings is 1. The molecular formula is C26H28ClN7O2. The molecule has 0 saturated carbocycles. The van der Waals surface area contributed by atoms with Crippen LogP contribution in [-0.4, -0.2) is 50.6 Å². The van der Waals surface area contributed by atoms with E-state index in [4.69, 9.17) is 27.5 Å². The Morgan fingerprint density at radius 3 is 2.94 bits per heavy atom. The zero-order valence-electron chi connectivity index (χ0n) is 20.0. The normalized spacial score (nSPS) is 15.3. The fourth-order valence-electron chi connectivity index (χ4n) is 4.12. The maximum Gasteiger partial charge on any atom is 0.246 e. The van der Waals surface area contributed by atoms with Crippen LogP contribution in [0.2, 0.25) is 5.02 Å². The Bertz CT molecular complexity index is 1300. The Morgan fingerprint density at radius 2 is 2.19 bits per heavy atom. The number of nitrogen functional groups attached to an aromatic ring is 1. The van der Waals surface area contributed by atoms with Gasteiger partial charge in [0.25, 0.3) is 0 Å². The molecule has 3 heterocycles. The predicted molar refractivity (Wildman–Crippen MR) is 141 cm³/mol. The molecule has 1 saturated heterocycles. The first-order valence-corrected chi connectivity index (χ1v) is 12.0. The second kappa shape index (κ2) is 11.2. The fourth-order valence-corrected chi connectivity index (χ4v) is 4.36. The van der Waals surface area contributed by atoms with Crippen molar-refractivity contribution in [3.05, 3.63) is 82.9 Å². The number of nitrogens with one attached hydrogen (secondary N) is 2. The molecular weight excluding hydrogens is 478 g/mol. The number of nitrogens with two attached hydrogens (primary N) is 1. The third kappa shape index (κ3) is 5.80. The van der Waals surface area contributed by atoms with Gasteiger partial charge in [0, 0.05) is 30.4 Å². The lowest BCUT2D eigenvalue weighted by molar-refractivity contribution is -0.127. The van der Waals surface area contributed by atoms with Gasteiger partial charge in [-0.25, -0.2) is 9.97 Å². The molecule has 0 radical (unpaired) electrons. The van der Waals surface area contributed by atoms with E-state index in [0.29, 0.717) is 40.8 Å². The number of nitrogens with zero attached hydrogens (tertiary/aromatic N) is 4. The SMILES string of the molecule is C=CC(=O)N1CCCC(Nc2ncnc(N)c2C(=N)c2ccc(OCc3cccc(C)n3)c(Cl)c2)C1. The largest absolute Gasteiger partial charge is 0.486 e. The van der Waals surface area contributed by atoms with Gasteiger partial charge in [0.15, 0.2) is 0 Å². The smallest absolute Gasteiger partial charge is 0.246 e. The van der Waals surface area contributed by atoms with E-state index in [1.165, 1.54) is 12.4 Å². The summed E-state index contributed by atoms with van der Waals surface area (Å²) in [5, 5.41) is 12.6. The quantitative estimate of drug-likeness (QED) is 0.311. The summed E-state index contributed by atoms with van der Waals surface area (Å²) in [6, 6.07) is 10.8. The topological polar surface area (TPSA) is 130 Å². The highest BCUT2D eigenvalue weighted by molar-refractivity contribution is 6.32. The highest BCUT2D eigenvalue weighted by Crippen LogP contribution is 2.30. The van der Waals surface area contributed by atoms with Crippen LogP contribution in [0.15, 0.2) is 55.4 Å². The van der Waals surface area contributed by atoms with Crippen LogP contribution < -0.4 is 15.8 Å². The van der Waals surface area contributed by atoms with E-state index in [1.54, 1.807) is 23.1 Å². The van der Waals surface area contributed by atoms with E-state index < -0.39 is 0 Å². The molecule has 3 aromatic rings. The van der Waals surface area contributed by atoms with E-state index in [2.05, 4.69) is 26.8 Å². The molecule has 1 amide bonds. The molecule has 9 nitrogen and oxygen atoms in total. The fraction of sp³-hybridized carbons (Fsp3) is 0.269. The van der Waals surface area contributed by atoms with E-state index >= 15 is 0 Å². The Kier molecular flexibility index (Phi) is 7.80. The number of hydrogen-bond acceptors (Lipinski definition) is 8. The first-order valence-electron chi connectivity index (χ1n) is 11.6. The average molecular weight is 506 g/mol. The van der Waals surface area contributed by atoms with Crippen LogP contribution in [0.4, 0.5) is 11.6 Å². The van der Waals surface area contributed by atoms with Crippen LogP contribution >= 0.6 is 11.6 Å². The molecule has 1 unspecified atom stereocenters. The van der Waals surface area contributed by atoms with Gasteiger partial charge in [-0.1, -0.05) is 24.2 Å². The molecule has 0 bridgehead atoms. The van der Waals surface area contributed by atoms with Crippen molar-refractivity contribution in [2.24, 2.45) is 0 Å². The monoisotopic (exact) mass is 505 g/mol. The summed E-state index contributed by atoms with van der Waals surface area (Å²) >= 11 is 6.49. The predicted octanol–water partition coefficient (Wildman–Crippen LogP) is 4.00. The Morgan fingerprint density at radius 1 is 1.36 bits per heavy atom. The minimum atomic E-state index is -0.105. The standard InChI is InChI=1S/C26H28ClN7O2/c1-3-22(35)34-11-5-8-18(13-34)33-26-23(25(29)30-15-31-26)24(28)17-9-10-21(20(27)12-17)36-14-19-7-4-6-16(2)32-19/h3-4,6-7,9-10,12,15,18,28H,1,5,8,11,13-14H2,2H3,(H3,29,30,31,33). The second-order valence-electron chi connectivity index (χ2n) is 8.53. The summed E-state index contributed by atoms with van der Waals surface area (Å²) in [6.45, 7) is 6.96. The average Bonchev–Trinajstić information content (AvgIpc) is 2.87. The van der Waals surface area contributed by atoms with Crippen molar-refractivity contribution in [3.63, 3.8) is 0 Å². The lowest BCUT2D eigenvalue weighted by Crippen LogP contribution is -2.44. The van der Waals surface area contributed by atoms with Gasteiger partial charge in [-0.2, -0.15) is 0 Å². The van der Waals surface area contributed by atoms with Gasteiger partial charge in [-0.3, -0.25) is 15.2 Å². The first kappa shape index (κ1) is 25.1. The van der Waals surface area contributed by atoms with Crippen molar-refractivity contribution in [2.75, 3.05) is 24.1 Å². The number of rotatable bonds is 8. The first-order chi connectivity index (χ1) is 17.4. The summed E-state index contributed by atoms with van der Waals surface area (Å²) in [5.74, 6) is 0.995. The van der Waals surface area contributed by atoms with Crippen molar-refractivity contribution in [3.8, 4) is 5.75 Å². The van der Waals surface area contributed by atoms with Crippen molar-refractivity contribution >= 4 is 34.9 Å². The molecule has 1 aliphatic heterocycles. The molecule has 10 heteroatoms. The summed E-state index contributed by atoms with van der Waals surface area (Å²) in [7, 11) is 0. The zero-order valence-corrected chi connectivity index (χ0v) is 20.8. The van der Waals surface area contributed by atoms with Crippen LogP contribution in [0.3, 0.4) is 0 Å². The van der Waals surface area contributed by atoms with Gasteiger partial charge in [0.1, 0.15) is 30.3 Å². The van der Waals surface area contributed by atoms with Crippen molar-refractivity contribution in [1.29, 1.82) is 5.41 Å². The molecule has 186 valence electrons. The number of hydrogen-bond donors (Lipinski definition) is 3. The third-order valence-electron chi connectivity index (χ3n) is 5.92. The maximum atomic E-state index is 12.1. The number of halogens is 1. The minimum absolute atomic E-state index is 0.0434. The van der Waals surface area contributed by atoms with Crippen molar-refractivity contribution in [2.45, 2.75) is 32.4 Å². The lowest BCUT2D eigenvalue weighted by atomic mass is 10.0. The Hall–Kier alpha value is -3.98. The molecule has 4 rings (SSSR count). The Labute approximate surface area is 214 Å². The number of benzene rings is 1. The van der Waals surface area contributed by atoms with Crippen LogP contribution in [-0.2, 0) is 11.4 Å². The molecule has 36 heavy (non-hydrogen) atoms. The molecule has 0 spiro atoms. The van der Waals surface area contributed by atoms with Gasteiger partial charge >= 0.3 is 0 Å². The molecule has 0 aliphatic carbocycles. The van der Waals surface area contributed by atoms with Gasteiger partial charge in [0.05, 0.1) is 22.0 Å². The molecule has 4 N–H and O–H groups in total. The van der Waals surface area contributed by atoms with Crippen LogP contribution in [0, 0.1) is 12.3 Å². The number of aromatic nitrogens is 3.